The zero-order chi connectivity index (χ0) is 31.6. The third-order valence-electron chi connectivity index (χ3n) is 7.02. The number of benzene rings is 4. The van der Waals surface area contributed by atoms with E-state index < -0.39 is 126 Å². The molecule has 0 saturated carbocycles. The van der Waals surface area contributed by atoms with Crippen LogP contribution in [0.25, 0.3) is 10.8 Å². The first-order valence-corrected chi connectivity index (χ1v) is 11.5. The highest BCUT2D eigenvalue weighted by Gasteiger charge is 2.46. The van der Waals surface area contributed by atoms with E-state index in [0.717, 1.165) is 25.1 Å². The number of anilines is 2. The van der Waals surface area contributed by atoms with E-state index in [-0.39, 0.29) is 15.4 Å². The Balaban J connectivity index is 1.62. The summed E-state index contributed by atoms with van der Waals surface area (Å²) in [4.78, 5) is 52.9. The summed E-state index contributed by atoms with van der Waals surface area (Å²) < 4.78 is 142. The number of carbonyl (C=O) groups excluding carboxylic acids is 4. The molecule has 4 aromatic rings. The number of carbonyl (C=O) groups is 4. The molecule has 0 aliphatic carbocycles. The second-order valence-electron chi connectivity index (χ2n) is 9.26. The third kappa shape index (κ3) is 3.31. The summed E-state index contributed by atoms with van der Waals surface area (Å²) in [5, 5.41) is -1.03. The minimum atomic E-state index is -2.57. The molecule has 6 nitrogen and oxygen atoms in total. The largest absolute Gasteiger partial charge is 0.268 e. The summed E-state index contributed by atoms with van der Waals surface area (Å²) in [5.41, 5.74) is -6.78. The first kappa shape index (κ1) is 27.9. The number of hydrogen-bond donors (Lipinski definition) is 0. The Kier molecular flexibility index (Phi) is 5.74. The van der Waals surface area contributed by atoms with Gasteiger partial charge < -0.3 is 0 Å². The lowest BCUT2D eigenvalue weighted by atomic mass is 9.83. The molecule has 2 aliphatic heterocycles. The van der Waals surface area contributed by atoms with Crippen LogP contribution in [0.3, 0.4) is 0 Å². The molecule has 0 unspecified atom stereocenters. The van der Waals surface area contributed by atoms with E-state index in [1.54, 1.807) is 0 Å². The summed E-state index contributed by atoms with van der Waals surface area (Å²) in [6.45, 7) is 1.08. The highest BCUT2D eigenvalue weighted by molar-refractivity contribution is 6.42. The number of amides is 4. The van der Waals surface area contributed by atoms with Gasteiger partial charge in [0.15, 0.2) is 46.5 Å². The number of nitrogens with zero attached hydrogens (tertiary/aromatic N) is 2. The standard InChI is InChI=1S/C27H6F10N2O4/c1-5-4-8-10-6(24(40)38(26(8)42)22-18(34)14(30)12(28)15(31)19(22)35)2-3-7-11(10)9(5)27(43)39(25(7)41)23-20(36)16(32)13(29)17(33)21(23)37/h2-4H,1H3. The van der Waals surface area contributed by atoms with Gasteiger partial charge in [-0.05, 0) is 30.7 Å². The van der Waals surface area contributed by atoms with Gasteiger partial charge in [-0.15, -0.1) is 0 Å². The maximum absolute atomic E-state index is 14.6. The van der Waals surface area contributed by atoms with Crippen LogP contribution in [0.2, 0.25) is 0 Å². The fraction of sp³-hybridized carbons (Fsp3) is 0.0370. The lowest BCUT2D eigenvalue weighted by molar-refractivity contribution is 0.0869. The van der Waals surface area contributed by atoms with E-state index >= 15 is 0 Å². The van der Waals surface area contributed by atoms with Crippen LogP contribution in [0.1, 0.15) is 47.0 Å². The second kappa shape index (κ2) is 8.86. The number of hydrogen-bond acceptors (Lipinski definition) is 4. The Morgan fingerprint density at radius 2 is 0.767 bits per heavy atom. The Hall–Kier alpha value is -5.28. The van der Waals surface area contributed by atoms with Crippen molar-refractivity contribution < 1.29 is 63.1 Å². The average Bonchev–Trinajstić information content (AvgIpc) is 2.98. The third-order valence-corrected chi connectivity index (χ3v) is 7.02. The summed E-state index contributed by atoms with van der Waals surface area (Å²) in [6, 6.07) is 2.28. The molecule has 43 heavy (non-hydrogen) atoms. The van der Waals surface area contributed by atoms with Gasteiger partial charge in [0.2, 0.25) is 11.6 Å². The van der Waals surface area contributed by atoms with Crippen LogP contribution in [-0.2, 0) is 0 Å². The molecule has 4 aromatic carbocycles. The van der Waals surface area contributed by atoms with Gasteiger partial charge in [-0.3, -0.25) is 19.2 Å². The van der Waals surface area contributed by atoms with Crippen molar-refractivity contribution in [1.29, 1.82) is 0 Å². The Morgan fingerprint density at radius 3 is 1.19 bits per heavy atom. The quantitative estimate of drug-likeness (QED) is 0.118. The lowest BCUT2D eigenvalue weighted by Gasteiger charge is -2.33. The predicted molar refractivity (Wildman–Crippen MR) is 123 cm³/mol. The van der Waals surface area contributed by atoms with Crippen LogP contribution in [0.4, 0.5) is 55.3 Å². The average molecular weight is 612 g/mol. The molecule has 0 fully saturated rings. The molecule has 0 bridgehead atoms. The molecule has 0 spiro atoms. The van der Waals surface area contributed by atoms with Crippen LogP contribution in [-0.4, -0.2) is 23.6 Å². The van der Waals surface area contributed by atoms with Crippen molar-refractivity contribution in [3.05, 3.63) is 104 Å². The van der Waals surface area contributed by atoms with Crippen LogP contribution in [0.15, 0.2) is 18.2 Å². The van der Waals surface area contributed by atoms with Gasteiger partial charge in [0.25, 0.3) is 23.6 Å². The van der Waals surface area contributed by atoms with E-state index in [0.29, 0.717) is 0 Å². The van der Waals surface area contributed by atoms with E-state index in [1.165, 1.54) is 0 Å². The van der Waals surface area contributed by atoms with Crippen LogP contribution in [0.5, 0.6) is 0 Å². The molecule has 0 N–H and O–H groups in total. The predicted octanol–water partition coefficient (Wildman–Crippen LogP) is 6.14. The molecular formula is C27H6F10N2O4. The van der Waals surface area contributed by atoms with Gasteiger partial charge in [-0.1, -0.05) is 0 Å². The highest BCUT2D eigenvalue weighted by atomic mass is 19.2. The van der Waals surface area contributed by atoms with Crippen molar-refractivity contribution in [2.45, 2.75) is 6.92 Å². The molecule has 6 rings (SSSR count). The van der Waals surface area contributed by atoms with Crippen LogP contribution >= 0.6 is 0 Å². The van der Waals surface area contributed by atoms with Gasteiger partial charge in [0, 0.05) is 27.5 Å². The fourth-order valence-electron chi connectivity index (χ4n) is 5.14. The Morgan fingerprint density at radius 1 is 0.442 bits per heavy atom. The SMILES string of the molecule is Cc1cc2c3c(ccc4c3c1C(=O)N(c1c(F)c(F)c(F)c(F)c1F)C4=O)C(=O)N(c1c(F)c(F)c(F)c(F)c1F)C2=O. The minimum absolute atomic E-state index is 0.313. The lowest BCUT2D eigenvalue weighted by Crippen LogP contribution is -2.45. The zero-order valence-electron chi connectivity index (χ0n) is 20.5. The van der Waals surface area contributed by atoms with Crippen LogP contribution in [0, 0.1) is 65.1 Å². The molecular weight excluding hydrogens is 606 g/mol. The summed E-state index contributed by atoms with van der Waals surface area (Å²) in [5.74, 6) is -31.7. The first-order valence-electron chi connectivity index (χ1n) is 11.5. The summed E-state index contributed by atoms with van der Waals surface area (Å²) >= 11 is 0. The molecule has 0 atom stereocenters. The Labute approximate surface area is 230 Å². The number of imide groups is 2. The normalized spacial score (nSPS) is 14.5. The van der Waals surface area contributed by atoms with Gasteiger partial charge in [-0.2, -0.15) is 0 Å². The summed E-state index contributed by atoms with van der Waals surface area (Å²) in [7, 11) is 0. The minimum Gasteiger partial charge on any atom is -0.268 e. The van der Waals surface area contributed by atoms with Crippen molar-refractivity contribution >= 4 is 45.8 Å². The summed E-state index contributed by atoms with van der Waals surface area (Å²) in [6.07, 6.45) is 0. The molecule has 0 saturated heterocycles. The molecule has 16 heteroatoms. The number of rotatable bonds is 2. The molecule has 2 aliphatic rings. The van der Waals surface area contributed by atoms with Gasteiger partial charge >= 0.3 is 0 Å². The van der Waals surface area contributed by atoms with Crippen molar-refractivity contribution in [2.24, 2.45) is 0 Å². The number of aryl methyl sites for hydroxylation is 1. The van der Waals surface area contributed by atoms with Gasteiger partial charge in [0.05, 0.1) is 5.56 Å². The van der Waals surface area contributed by atoms with Gasteiger partial charge in [-0.25, -0.2) is 53.7 Å². The van der Waals surface area contributed by atoms with Gasteiger partial charge in [0.1, 0.15) is 11.4 Å². The zero-order valence-corrected chi connectivity index (χ0v) is 20.5. The monoisotopic (exact) mass is 612 g/mol. The smallest absolute Gasteiger partial charge is 0.266 e. The maximum Gasteiger partial charge on any atom is 0.266 e. The van der Waals surface area contributed by atoms with E-state index in [9.17, 15) is 63.1 Å². The van der Waals surface area contributed by atoms with Crippen molar-refractivity contribution in [3.63, 3.8) is 0 Å². The molecule has 2 heterocycles. The Bertz CT molecular complexity index is 2040. The van der Waals surface area contributed by atoms with Crippen molar-refractivity contribution in [1.82, 2.24) is 0 Å². The molecule has 218 valence electrons. The fourth-order valence-corrected chi connectivity index (χ4v) is 5.14. The molecule has 0 aromatic heterocycles. The number of halogens is 10. The van der Waals surface area contributed by atoms with Crippen molar-refractivity contribution in [2.75, 3.05) is 9.80 Å². The van der Waals surface area contributed by atoms with Crippen LogP contribution < -0.4 is 9.80 Å². The van der Waals surface area contributed by atoms with E-state index in [1.807, 2.05) is 0 Å². The van der Waals surface area contributed by atoms with E-state index in [2.05, 4.69) is 0 Å². The second-order valence-corrected chi connectivity index (χ2v) is 9.26. The highest BCUT2D eigenvalue weighted by Crippen LogP contribution is 2.44. The van der Waals surface area contributed by atoms with E-state index in [4.69, 9.17) is 0 Å². The van der Waals surface area contributed by atoms with Crippen molar-refractivity contribution in [3.8, 4) is 0 Å². The topological polar surface area (TPSA) is 74.8 Å². The first-order chi connectivity index (χ1) is 20.1. The molecule has 0 radical (unpaired) electrons. The molecule has 4 amide bonds. The maximum atomic E-state index is 14.6.